The van der Waals surface area contributed by atoms with Crippen LogP contribution in [0.4, 0.5) is 0 Å². The molecule has 0 unspecified atom stereocenters. The Morgan fingerprint density at radius 1 is 0.441 bits per heavy atom. The van der Waals surface area contributed by atoms with Crippen molar-refractivity contribution in [2.45, 2.75) is 12.8 Å². The monoisotopic (exact) mass is 874 g/mol. The Morgan fingerprint density at radius 3 is 1.60 bits per heavy atom. The van der Waals surface area contributed by atoms with Crippen LogP contribution >= 0.6 is 0 Å². The Labute approximate surface area is 390 Å². The Balaban J connectivity index is 1.07. The van der Waals surface area contributed by atoms with Gasteiger partial charge in [0.1, 0.15) is 11.2 Å². The second-order valence-corrected chi connectivity index (χ2v) is 16.9. The first-order valence-corrected chi connectivity index (χ1v) is 22.6. The van der Waals surface area contributed by atoms with Gasteiger partial charge in [-0.1, -0.05) is 72.8 Å². The van der Waals surface area contributed by atoms with Gasteiger partial charge >= 0.3 is 0 Å². The van der Waals surface area contributed by atoms with Crippen molar-refractivity contribution in [2.24, 2.45) is 4.99 Å². The fraction of sp³-hybridized carbons (Fsp3) is 0.0339. The fourth-order valence-electron chi connectivity index (χ4n) is 9.59. The van der Waals surface area contributed by atoms with Crippen LogP contribution in [0.2, 0.25) is 0 Å². The maximum absolute atomic E-state index is 7.10. The van der Waals surface area contributed by atoms with Crippen LogP contribution in [0.25, 0.3) is 123 Å². The van der Waals surface area contributed by atoms with Gasteiger partial charge in [0.25, 0.3) is 0 Å². The molecule has 0 atom stereocenters. The van der Waals surface area contributed by atoms with Crippen LogP contribution in [0.1, 0.15) is 18.4 Å². The third-order valence-corrected chi connectivity index (χ3v) is 12.8. The first kappa shape index (κ1) is 39.2. The summed E-state index contributed by atoms with van der Waals surface area (Å²) >= 11 is 0. The molecule has 6 aromatic carbocycles. The lowest BCUT2D eigenvalue weighted by Gasteiger charge is -2.12. The van der Waals surface area contributed by atoms with Crippen molar-refractivity contribution in [2.75, 3.05) is 0 Å². The molecule has 0 N–H and O–H groups in total. The van der Waals surface area contributed by atoms with E-state index >= 15 is 0 Å². The van der Waals surface area contributed by atoms with Crippen molar-refractivity contribution in [3.8, 4) is 73.2 Å². The van der Waals surface area contributed by atoms with Gasteiger partial charge in [0.2, 0.25) is 0 Å². The second-order valence-electron chi connectivity index (χ2n) is 16.9. The van der Waals surface area contributed by atoms with Gasteiger partial charge < -0.3 is 8.98 Å². The van der Waals surface area contributed by atoms with Crippen LogP contribution in [0.15, 0.2) is 211 Å². The zero-order valence-corrected chi connectivity index (χ0v) is 36.5. The van der Waals surface area contributed by atoms with E-state index in [1.807, 2.05) is 104 Å². The molecule has 13 rings (SSSR count). The quantitative estimate of drug-likeness (QED) is 0.150. The van der Waals surface area contributed by atoms with Gasteiger partial charge in [0, 0.05) is 121 Å². The van der Waals surface area contributed by atoms with E-state index in [0.29, 0.717) is 11.6 Å². The Hall–Kier alpha value is -9.21. The number of hydrogen-bond donors (Lipinski definition) is 0. The number of benzene rings is 6. The molecular weight excluding hydrogens is 837 g/mol. The van der Waals surface area contributed by atoms with Gasteiger partial charge in [0.05, 0.1) is 22.4 Å². The first-order chi connectivity index (χ1) is 33.7. The van der Waals surface area contributed by atoms with Gasteiger partial charge in [-0.05, 0) is 109 Å². The number of nitrogens with zero attached hydrogens (tertiary/aromatic N) is 8. The molecule has 0 saturated carbocycles. The normalized spacial score (nSPS) is 12.6. The van der Waals surface area contributed by atoms with Crippen molar-refractivity contribution < 1.29 is 4.42 Å². The zero-order valence-electron chi connectivity index (χ0n) is 36.5. The second kappa shape index (κ2) is 16.3. The zero-order chi connectivity index (χ0) is 45.0. The number of allylic oxidation sites excluding steroid dienone is 1. The van der Waals surface area contributed by atoms with Crippen molar-refractivity contribution in [3.63, 3.8) is 0 Å². The van der Waals surface area contributed by atoms with Crippen LogP contribution in [-0.4, -0.2) is 40.7 Å². The maximum atomic E-state index is 7.10. The SMILES string of the molecule is C1=NC=C(c2cc(-c3cccnc3)cc3c2oc2c(-c4cccnc4)cc(-n4c5ccc(-c6nccc(-c7ccccc7)n6)cc5c5cc(-c6nccc(-c7ccccc7)n6)ccc54)cc23)CC1. The van der Waals surface area contributed by atoms with E-state index in [1.165, 1.54) is 0 Å². The Morgan fingerprint density at radius 2 is 1.01 bits per heavy atom. The highest BCUT2D eigenvalue weighted by Gasteiger charge is 2.23. The molecule has 68 heavy (non-hydrogen) atoms. The average molecular weight is 875 g/mol. The molecule has 1 aliphatic rings. The number of furan rings is 1. The summed E-state index contributed by atoms with van der Waals surface area (Å²) in [5.74, 6) is 1.29. The molecule has 6 aromatic heterocycles. The summed E-state index contributed by atoms with van der Waals surface area (Å²) < 4.78 is 9.45. The van der Waals surface area contributed by atoms with E-state index in [1.54, 1.807) is 6.20 Å². The van der Waals surface area contributed by atoms with Gasteiger partial charge in [-0.15, -0.1) is 0 Å². The Kier molecular flexibility index (Phi) is 9.42. The van der Waals surface area contributed by atoms with Crippen molar-refractivity contribution in [3.05, 3.63) is 207 Å². The van der Waals surface area contributed by atoms with Crippen molar-refractivity contribution >= 4 is 55.5 Å². The lowest BCUT2D eigenvalue weighted by Crippen LogP contribution is -1.96. The molecule has 0 saturated heterocycles. The van der Waals surface area contributed by atoms with Crippen LogP contribution in [0.5, 0.6) is 0 Å². The molecule has 0 aliphatic carbocycles. The van der Waals surface area contributed by atoms with E-state index in [0.717, 1.165) is 129 Å². The summed E-state index contributed by atoms with van der Waals surface area (Å²) in [6, 6.07) is 54.5. The summed E-state index contributed by atoms with van der Waals surface area (Å²) in [6.45, 7) is 0. The highest BCUT2D eigenvalue weighted by Crippen LogP contribution is 2.45. The number of hydrogen-bond acceptors (Lipinski definition) is 8. The predicted octanol–water partition coefficient (Wildman–Crippen LogP) is 14.3. The summed E-state index contributed by atoms with van der Waals surface area (Å²) in [5.41, 5.74) is 16.4. The molecule has 0 spiro atoms. The van der Waals surface area contributed by atoms with Gasteiger partial charge in [-0.3, -0.25) is 15.0 Å². The van der Waals surface area contributed by atoms with Gasteiger partial charge in [-0.25, -0.2) is 19.9 Å². The van der Waals surface area contributed by atoms with Crippen LogP contribution < -0.4 is 0 Å². The number of aliphatic imine (C=N–C) groups is 1. The lowest BCUT2D eigenvalue weighted by atomic mass is 9.93. The molecule has 320 valence electrons. The van der Waals surface area contributed by atoms with Crippen LogP contribution in [-0.2, 0) is 0 Å². The molecule has 0 radical (unpaired) electrons. The number of fused-ring (bicyclic) bond motifs is 6. The average Bonchev–Trinajstić information content (AvgIpc) is 3.96. The molecule has 1 aliphatic heterocycles. The van der Waals surface area contributed by atoms with E-state index in [4.69, 9.17) is 24.4 Å². The largest absolute Gasteiger partial charge is 0.455 e. The minimum absolute atomic E-state index is 0.647. The standard InChI is InChI=1S/C59H38N8O/c1-3-10-37(11-4-1)52-21-26-63-58(65-52)39-17-19-54-48(28-39)49-29-40(59-64-27-22-53(66-59)38-12-5-2-6-13-38)18-20-55(49)67(54)45-32-47(43-16-9-25-62-36-43)57-51(33-45)50-31-44(41-14-7-23-60-34-41)30-46(56(50)68-57)42-15-8-24-61-35-42/h1-7,9-14,16-36H,8,15H2. The molecule has 12 aromatic rings. The fourth-order valence-corrected chi connectivity index (χ4v) is 9.59. The third kappa shape index (κ3) is 6.84. The molecule has 9 nitrogen and oxygen atoms in total. The molecule has 7 heterocycles. The topological polar surface area (TPSA) is 108 Å². The molecular formula is C59H38N8O. The van der Waals surface area contributed by atoms with E-state index in [-0.39, 0.29) is 0 Å². The van der Waals surface area contributed by atoms with Crippen molar-refractivity contribution in [1.82, 2.24) is 34.5 Å². The maximum Gasteiger partial charge on any atom is 0.159 e. The van der Waals surface area contributed by atoms with Crippen molar-refractivity contribution in [1.29, 1.82) is 0 Å². The first-order valence-electron chi connectivity index (χ1n) is 22.6. The van der Waals surface area contributed by atoms with E-state index < -0.39 is 0 Å². The highest BCUT2D eigenvalue weighted by molar-refractivity contribution is 6.16. The molecule has 9 heteroatoms. The Bertz CT molecular complexity index is 3820. The highest BCUT2D eigenvalue weighted by atomic mass is 16.3. The number of aromatic nitrogens is 7. The summed E-state index contributed by atoms with van der Waals surface area (Å²) in [4.78, 5) is 33.4. The van der Waals surface area contributed by atoms with E-state index in [2.05, 4.69) is 117 Å². The number of rotatable bonds is 8. The van der Waals surface area contributed by atoms with Crippen LogP contribution in [0.3, 0.4) is 0 Å². The summed E-state index contributed by atoms with van der Waals surface area (Å²) in [6.07, 6.45) is 16.8. The predicted molar refractivity (Wildman–Crippen MR) is 273 cm³/mol. The third-order valence-electron chi connectivity index (χ3n) is 12.8. The smallest absolute Gasteiger partial charge is 0.159 e. The summed E-state index contributed by atoms with van der Waals surface area (Å²) in [7, 11) is 0. The molecule has 0 bridgehead atoms. The number of pyridine rings is 2. The molecule has 0 fully saturated rings. The summed E-state index contributed by atoms with van der Waals surface area (Å²) in [5, 5.41) is 4.08. The van der Waals surface area contributed by atoms with Gasteiger partial charge in [0.15, 0.2) is 11.6 Å². The minimum atomic E-state index is 0.647. The van der Waals surface area contributed by atoms with Crippen LogP contribution in [0, 0.1) is 0 Å². The minimum Gasteiger partial charge on any atom is -0.455 e. The van der Waals surface area contributed by atoms with Gasteiger partial charge in [-0.2, -0.15) is 0 Å². The lowest BCUT2D eigenvalue weighted by molar-refractivity contribution is 0.668. The molecule has 0 amide bonds. The van der Waals surface area contributed by atoms with E-state index in [9.17, 15) is 0 Å².